The van der Waals surface area contributed by atoms with Gasteiger partial charge in [-0.1, -0.05) is 20.8 Å². The minimum atomic E-state index is -0.772. The Labute approximate surface area is 181 Å². The van der Waals surface area contributed by atoms with Gasteiger partial charge in [-0.3, -0.25) is 14.4 Å². The van der Waals surface area contributed by atoms with Crippen molar-refractivity contribution in [2.24, 2.45) is 27.2 Å². The number of hydrogen-bond donors (Lipinski definition) is 2. The van der Waals surface area contributed by atoms with Crippen LogP contribution in [0, 0.1) is 24.2 Å². The Balaban J connectivity index is 1.47. The Bertz CT molecular complexity index is 989. The molecule has 4 rings (SSSR count). The fourth-order valence-electron chi connectivity index (χ4n) is 5.27. The van der Waals surface area contributed by atoms with E-state index in [1.54, 1.807) is 13.0 Å². The van der Waals surface area contributed by atoms with Gasteiger partial charge in [0.2, 0.25) is 0 Å². The summed E-state index contributed by atoms with van der Waals surface area (Å²) in [5.74, 6) is -1.02. The zero-order valence-electron chi connectivity index (χ0n) is 18.6. The molecule has 2 saturated carbocycles. The number of nitrogens with one attached hydrogen (secondary N) is 2. The molecule has 3 aliphatic rings. The first kappa shape index (κ1) is 21.4. The van der Waals surface area contributed by atoms with Gasteiger partial charge in [0.05, 0.1) is 11.6 Å². The molecule has 0 radical (unpaired) electrons. The van der Waals surface area contributed by atoms with Crippen molar-refractivity contribution < 1.29 is 14.4 Å². The van der Waals surface area contributed by atoms with Crippen LogP contribution in [-0.2, 0) is 14.4 Å². The highest BCUT2D eigenvalue weighted by molar-refractivity contribution is 6.39. The number of hydrogen-bond acceptors (Lipinski definition) is 5. The van der Waals surface area contributed by atoms with Crippen LogP contribution in [0.3, 0.4) is 0 Å². The molecule has 2 N–H and O–H groups in total. The molecule has 9 heteroatoms. The first-order valence-electron chi connectivity index (χ1n) is 11.0. The Morgan fingerprint density at radius 1 is 1.19 bits per heavy atom. The van der Waals surface area contributed by atoms with Crippen LogP contribution in [0.2, 0.25) is 0 Å². The molecule has 1 aliphatic heterocycles. The van der Waals surface area contributed by atoms with E-state index in [9.17, 15) is 14.4 Å². The number of rotatable bonds is 2. The summed E-state index contributed by atoms with van der Waals surface area (Å²) in [5, 5.41) is 9.81. The molecule has 0 aromatic carbocycles. The molecule has 2 fully saturated rings. The smallest absolute Gasteiger partial charge is 0.314 e. The number of anilines is 1. The SMILES string of the molecule is Cc1cc(NC(=O)C(=O)NC2CC(C)CC(C)(C)C2)n(C2=NC(=O)C3CCCC3=N2)n1. The normalized spacial score (nSPS) is 27.2. The van der Waals surface area contributed by atoms with Gasteiger partial charge in [-0.2, -0.15) is 14.8 Å². The van der Waals surface area contributed by atoms with Gasteiger partial charge in [0.1, 0.15) is 5.82 Å². The number of aryl methyl sites for hydroxylation is 1. The molecular weight excluding hydrogens is 396 g/mol. The van der Waals surface area contributed by atoms with Gasteiger partial charge in [0.25, 0.3) is 11.9 Å². The van der Waals surface area contributed by atoms with Crippen LogP contribution in [0.5, 0.6) is 0 Å². The number of nitrogens with zero attached hydrogens (tertiary/aromatic N) is 4. The van der Waals surface area contributed by atoms with Gasteiger partial charge in [0, 0.05) is 17.8 Å². The van der Waals surface area contributed by atoms with Crippen LogP contribution in [-0.4, -0.2) is 45.2 Å². The number of carbonyl (C=O) groups is 3. The van der Waals surface area contributed by atoms with Crippen LogP contribution >= 0.6 is 0 Å². The summed E-state index contributed by atoms with van der Waals surface area (Å²) in [4.78, 5) is 46.1. The van der Waals surface area contributed by atoms with Crippen molar-refractivity contribution in [1.29, 1.82) is 0 Å². The van der Waals surface area contributed by atoms with E-state index in [2.05, 4.69) is 46.5 Å². The first-order chi connectivity index (χ1) is 14.6. The summed E-state index contributed by atoms with van der Waals surface area (Å²) in [6, 6.07) is 1.60. The molecule has 1 aromatic rings. The van der Waals surface area contributed by atoms with Crippen molar-refractivity contribution in [2.45, 2.75) is 72.3 Å². The van der Waals surface area contributed by atoms with Crippen molar-refractivity contribution >= 4 is 35.2 Å². The van der Waals surface area contributed by atoms with E-state index >= 15 is 0 Å². The van der Waals surface area contributed by atoms with Gasteiger partial charge in [-0.25, -0.2) is 4.99 Å². The molecule has 3 unspecified atom stereocenters. The Morgan fingerprint density at radius 3 is 2.71 bits per heavy atom. The van der Waals surface area contributed by atoms with E-state index in [0.29, 0.717) is 11.6 Å². The van der Waals surface area contributed by atoms with E-state index in [0.717, 1.165) is 44.2 Å². The van der Waals surface area contributed by atoms with E-state index in [4.69, 9.17) is 0 Å². The van der Waals surface area contributed by atoms with E-state index in [1.807, 2.05) is 0 Å². The third kappa shape index (κ3) is 4.60. The summed E-state index contributed by atoms with van der Waals surface area (Å²) in [6.07, 6.45) is 5.25. The largest absolute Gasteiger partial charge is 0.345 e. The highest BCUT2D eigenvalue weighted by Crippen LogP contribution is 2.38. The standard InChI is InChI=1S/C22H30N6O3/c1-12-8-14(11-22(3,4)10-12)23-19(30)20(31)25-17-9-13(2)27-28(17)21-24-16-7-5-6-15(16)18(29)26-21/h9,12,14-15H,5-8,10-11H2,1-4H3,(H,23,30)(H,25,31). The molecule has 0 spiro atoms. The number of aliphatic imine (C=N–C) groups is 2. The highest BCUT2D eigenvalue weighted by Gasteiger charge is 2.35. The van der Waals surface area contributed by atoms with Gasteiger partial charge < -0.3 is 10.6 Å². The summed E-state index contributed by atoms with van der Waals surface area (Å²) in [5.41, 5.74) is 1.56. The van der Waals surface area contributed by atoms with Crippen molar-refractivity contribution in [3.63, 3.8) is 0 Å². The van der Waals surface area contributed by atoms with Gasteiger partial charge in [-0.15, -0.1) is 0 Å². The zero-order chi connectivity index (χ0) is 22.3. The lowest BCUT2D eigenvalue weighted by molar-refractivity contribution is -0.137. The Hall–Kier alpha value is -2.84. The van der Waals surface area contributed by atoms with E-state index in [1.165, 1.54) is 4.68 Å². The third-order valence-electron chi connectivity index (χ3n) is 6.27. The predicted molar refractivity (Wildman–Crippen MR) is 117 cm³/mol. The number of fused-ring (bicyclic) bond motifs is 1. The van der Waals surface area contributed by atoms with Crippen LogP contribution < -0.4 is 10.6 Å². The average molecular weight is 427 g/mol. The summed E-state index contributed by atoms with van der Waals surface area (Å²) < 4.78 is 1.33. The Kier molecular flexibility index (Phi) is 5.53. The van der Waals surface area contributed by atoms with Crippen LogP contribution in [0.15, 0.2) is 16.1 Å². The van der Waals surface area contributed by atoms with E-state index < -0.39 is 11.8 Å². The van der Waals surface area contributed by atoms with Crippen molar-refractivity contribution in [2.75, 3.05) is 5.32 Å². The molecule has 3 amide bonds. The monoisotopic (exact) mass is 426 g/mol. The molecule has 9 nitrogen and oxygen atoms in total. The van der Waals surface area contributed by atoms with Crippen molar-refractivity contribution in [1.82, 2.24) is 15.1 Å². The maximum Gasteiger partial charge on any atom is 0.314 e. The average Bonchev–Trinajstić information content (AvgIpc) is 3.26. The van der Waals surface area contributed by atoms with Gasteiger partial charge >= 0.3 is 11.8 Å². The molecule has 166 valence electrons. The van der Waals surface area contributed by atoms with E-state index in [-0.39, 0.29) is 35.1 Å². The third-order valence-corrected chi connectivity index (χ3v) is 6.27. The van der Waals surface area contributed by atoms with Gasteiger partial charge in [0.15, 0.2) is 0 Å². The maximum absolute atomic E-state index is 12.6. The first-order valence-corrected chi connectivity index (χ1v) is 11.0. The molecule has 1 aromatic heterocycles. The summed E-state index contributed by atoms with van der Waals surface area (Å²) >= 11 is 0. The summed E-state index contributed by atoms with van der Waals surface area (Å²) in [7, 11) is 0. The molecule has 31 heavy (non-hydrogen) atoms. The number of aromatic nitrogens is 2. The lowest BCUT2D eigenvalue weighted by atomic mass is 9.70. The molecule has 0 bridgehead atoms. The highest BCUT2D eigenvalue weighted by atomic mass is 16.2. The second-order valence-corrected chi connectivity index (χ2v) is 9.92. The van der Waals surface area contributed by atoms with Crippen molar-refractivity contribution in [3.05, 3.63) is 11.8 Å². The predicted octanol–water partition coefficient (Wildman–Crippen LogP) is 2.45. The molecule has 2 aliphatic carbocycles. The lowest BCUT2D eigenvalue weighted by Gasteiger charge is -2.39. The molecular formula is C22H30N6O3. The number of carbonyl (C=O) groups excluding carboxylic acids is 3. The number of amides is 3. The second-order valence-electron chi connectivity index (χ2n) is 9.92. The topological polar surface area (TPSA) is 118 Å². The lowest BCUT2D eigenvalue weighted by Crippen LogP contribution is -2.46. The Morgan fingerprint density at radius 2 is 1.97 bits per heavy atom. The van der Waals surface area contributed by atoms with Gasteiger partial charge in [-0.05, 0) is 56.8 Å². The molecule has 3 atom stereocenters. The quantitative estimate of drug-likeness (QED) is 0.706. The van der Waals surface area contributed by atoms with Crippen LogP contribution in [0.4, 0.5) is 5.82 Å². The van der Waals surface area contributed by atoms with Crippen LogP contribution in [0.25, 0.3) is 0 Å². The van der Waals surface area contributed by atoms with Crippen LogP contribution in [0.1, 0.15) is 65.0 Å². The fourth-order valence-corrected chi connectivity index (χ4v) is 5.27. The fraction of sp³-hybridized carbons (Fsp3) is 0.636. The minimum Gasteiger partial charge on any atom is -0.345 e. The molecule has 2 heterocycles. The zero-order valence-corrected chi connectivity index (χ0v) is 18.6. The maximum atomic E-state index is 12.6. The minimum absolute atomic E-state index is 0.0327. The van der Waals surface area contributed by atoms with Crippen molar-refractivity contribution in [3.8, 4) is 0 Å². The molecule has 0 saturated heterocycles. The summed E-state index contributed by atoms with van der Waals surface area (Å²) in [6.45, 7) is 8.30. The second kappa shape index (κ2) is 8.01.